The topological polar surface area (TPSA) is 59.7 Å². The highest BCUT2D eigenvalue weighted by atomic mass is 15.3. The average Bonchev–Trinajstić information content (AvgIpc) is 3.16. The van der Waals surface area contributed by atoms with Gasteiger partial charge in [0.1, 0.15) is 24.3 Å². The summed E-state index contributed by atoms with van der Waals surface area (Å²) in [5, 5.41) is 4.23. The zero-order valence-electron chi connectivity index (χ0n) is 14.2. The van der Waals surface area contributed by atoms with Crippen molar-refractivity contribution in [2.24, 2.45) is 5.92 Å². The van der Waals surface area contributed by atoms with Crippen molar-refractivity contribution in [3.63, 3.8) is 0 Å². The molecule has 1 fully saturated rings. The normalized spacial score (nSPS) is 17.6. The molecule has 0 radical (unpaired) electrons. The van der Waals surface area contributed by atoms with E-state index in [4.69, 9.17) is 4.98 Å². The number of anilines is 1. The van der Waals surface area contributed by atoms with Crippen molar-refractivity contribution in [2.75, 3.05) is 18.0 Å². The van der Waals surface area contributed by atoms with Crippen LogP contribution in [-0.4, -0.2) is 37.8 Å². The number of benzene rings is 1. The van der Waals surface area contributed by atoms with Gasteiger partial charge in [-0.05, 0) is 30.4 Å². The Morgan fingerprint density at radius 1 is 1.12 bits per heavy atom. The molecule has 3 heterocycles. The van der Waals surface area contributed by atoms with Crippen LogP contribution < -0.4 is 4.90 Å². The van der Waals surface area contributed by atoms with Gasteiger partial charge in [0.25, 0.3) is 0 Å². The Labute approximate surface area is 147 Å². The maximum atomic E-state index is 4.80. The van der Waals surface area contributed by atoms with Crippen molar-refractivity contribution < 1.29 is 0 Å². The Morgan fingerprint density at radius 3 is 2.88 bits per heavy atom. The smallest absolute Gasteiger partial charge is 0.137 e. The summed E-state index contributed by atoms with van der Waals surface area (Å²) in [7, 11) is 0. The van der Waals surface area contributed by atoms with Crippen molar-refractivity contribution in [1.29, 1.82) is 0 Å². The van der Waals surface area contributed by atoms with E-state index >= 15 is 0 Å². The van der Waals surface area contributed by atoms with Crippen LogP contribution in [0.5, 0.6) is 0 Å². The van der Waals surface area contributed by atoms with Crippen LogP contribution in [0.2, 0.25) is 0 Å². The van der Waals surface area contributed by atoms with E-state index in [1.807, 2.05) is 23.0 Å². The third kappa shape index (κ3) is 4.02. The summed E-state index contributed by atoms with van der Waals surface area (Å²) in [6.45, 7) is 2.97. The van der Waals surface area contributed by atoms with Gasteiger partial charge in [-0.3, -0.25) is 4.68 Å². The molecular formula is C19H22N6. The summed E-state index contributed by atoms with van der Waals surface area (Å²) >= 11 is 0. The predicted octanol–water partition coefficient (Wildman–Crippen LogP) is 2.58. The minimum absolute atomic E-state index is 0.572. The van der Waals surface area contributed by atoms with Gasteiger partial charge in [-0.25, -0.2) is 15.0 Å². The molecule has 128 valence electrons. The number of piperidine rings is 1. The first-order chi connectivity index (χ1) is 12.4. The van der Waals surface area contributed by atoms with Gasteiger partial charge < -0.3 is 4.90 Å². The second-order valence-corrected chi connectivity index (χ2v) is 6.57. The number of aromatic nitrogens is 5. The van der Waals surface area contributed by atoms with E-state index in [0.29, 0.717) is 5.92 Å². The second kappa shape index (κ2) is 7.42. The summed E-state index contributed by atoms with van der Waals surface area (Å²) in [6, 6.07) is 12.4. The van der Waals surface area contributed by atoms with Gasteiger partial charge >= 0.3 is 0 Å². The lowest BCUT2D eigenvalue weighted by Crippen LogP contribution is -2.37. The van der Waals surface area contributed by atoms with Crippen LogP contribution in [0.15, 0.2) is 55.2 Å². The molecule has 0 spiro atoms. The van der Waals surface area contributed by atoms with E-state index in [2.05, 4.69) is 44.2 Å². The monoisotopic (exact) mass is 334 g/mol. The minimum atomic E-state index is 0.572. The van der Waals surface area contributed by atoms with Crippen LogP contribution in [0.25, 0.3) is 0 Å². The van der Waals surface area contributed by atoms with Crippen LogP contribution in [-0.2, 0) is 13.0 Å². The lowest BCUT2D eigenvalue weighted by atomic mass is 9.98. The van der Waals surface area contributed by atoms with E-state index in [9.17, 15) is 0 Å². The van der Waals surface area contributed by atoms with Gasteiger partial charge in [0, 0.05) is 32.3 Å². The summed E-state index contributed by atoms with van der Waals surface area (Å²) in [4.78, 5) is 15.7. The average molecular weight is 334 g/mol. The van der Waals surface area contributed by atoms with E-state index in [0.717, 1.165) is 37.7 Å². The first-order valence-electron chi connectivity index (χ1n) is 8.80. The second-order valence-electron chi connectivity index (χ2n) is 6.57. The molecular weight excluding hydrogens is 312 g/mol. The van der Waals surface area contributed by atoms with E-state index in [-0.39, 0.29) is 0 Å². The molecule has 3 aromatic rings. The largest absolute Gasteiger partial charge is 0.356 e. The van der Waals surface area contributed by atoms with Crippen LogP contribution in [0.4, 0.5) is 5.82 Å². The molecule has 1 saturated heterocycles. The molecule has 4 rings (SSSR count). The van der Waals surface area contributed by atoms with Gasteiger partial charge in [-0.15, -0.1) is 0 Å². The van der Waals surface area contributed by atoms with E-state index in [1.165, 1.54) is 18.4 Å². The molecule has 1 aliphatic rings. The van der Waals surface area contributed by atoms with Gasteiger partial charge in [0.15, 0.2) is 0 Å². The molecule has 6 heteroatoms. The van der Waals surface area contributed by atoms with Gasteiger partial charge in [-0.1, -0.05) is 30.3 Å². The zero-order chi connectivity index (χ0) is 16.9. The van der Waals surface area contributed by atoms with Gasteiger partial charge in [-0.2, -0.15) is 5.10 Å². The van der Waals surface area contributed by atoms with Crippen molar-refractivity contribution >= 4 is 5.82 Å². The summed E-state index contributed by atoms with van der Waals surface area (Å²) in [6.07, 6.45) is 8.44. The third-order valence-electron chi connectivity index (χ3n) is 4.65. The highest BCUT2D eigenvalue weighted by Crippen LogP contribution is 2.22. The number of nitrogens with zero attached hydrogens (tertiary/aromatic N) is 6. The van der Waals surface area contributed by atoms with Gasteiger partial charge in [0.2, 0.25) is 0 Å². The third-order valence-corrected chi connectivity index (χ3v) is 4.65. The zero-order valence-corrected chi connectivity index (χ0v) is 14.2. The highest BCUT2D eigenvalue weighted by Gasteiger charge is 2.21. The Kier molecular flexibility index (Phi) is 4.68. The molecule has 0 amide bonds. The van der Waals surface area contributed by atoms with Crippen molar-refractivity contribution in [3.05, 3.63) is 66.6 Å². The van der Waals surface area contributed by atoms with Crippen LogP contribution in [0, 0.1) is 5.92 Å². The number of hydrogen-bond acceptors (Lipinski definition) is 5. The van der Waals surface area contributed by atoms with E-state index in [1.54, 1.807) is 12.7 Å². The maximum Gasteiger partial charge on any atom is 0.137 e. The number of hydrogen-bond donors (Lipinski definition) is 0. The minimum Gasteiger partial charge on any atom is -0.356 e. The molecule has 25 heavy (non-hydrogen) atoms. The lowest BCUT2D eigenvalue weighted by Gasteiger charge is -2.33. The van der Waals surface area contributed by atoms with Crippen LogP contribution >= 0.6 is 0 Å². The lowest BCUT2D eigenvalue weighted by molar-refractivity contribution is 0.350. The first kappa shape index (κ1) is 15.7. The Bertz CT molecular complexity index is 787. The molecule has 0 saturated carbocycles. The van der Waals surface area contributed by atoms with Crippen molar-refractivity contribution in [2.45, 2.75) is 25.8 Å². The molecule has 1 aromatic carbocycles. The van der Waals surface area contributed by atoms with Crippen LogP contribution in [0.3, 0.4) is 0 Å². The van der Waals surface area contributed by atoms with Crippen molar-refractivity contribution in [3.8, 4) is 0 Å². The van der Waals surface area contributed by atoms with Crippen LogP contribution in [0.1, 0.15) is 24.2 Å². The molecule has 1 atom stereocenters. The highest BCUT2D eigenvalue weighted by molar-refractivity contribution is 5.38. The fraction of sp³-hybridized carbons (Fsp3) is 0.368. The maximum absolute atomic E-state index is 4.80. The summed E-state index contributed by atoms with van der Waals surface area (Å²) in [5.74, 6) is 2.48. The quantitative estimate of drug-likeness (QED) is 0.718. The van der Waals surface area contributed by atoms with E-state index < -0.39 is 0 Å². The first-order valence-corrected chi connectivity index (χ1v) is 8.80. The fourth-order valence-corrected chi connectivity index (χ4v) is 3.44. The molecule has 0 N–H and O–H groups in total. The Hall–Kier alpha value is -2.76. The standard InChI is InChI=1S/C19H22N6/c1-2-5-16(6-3-1)11-18-21-9-8-19(23-18)24-10-4-7-17(12-24)13-25-15-20-14-22-25/h1-3,5-6,8-9,14-15,17H,4,7,10-13H2. The Morgan fingerprint density at radius 2 is 2.04 bits per heavy atom. The summed E-state index contributed by atoms with van der Waals surface area (Å²) in [5.41, 5.74) is 1.24. The predicted molar refractivity (Wildman–Crippen MR) is 96.2 cm³/mol. The number of rotatable bonds is 5. The molecule has 0 bridgehead atoms. The van der Waals surface area contributed by atoms with Crippen molar-refractivity contribution in [1.82, 2.24) is 24.7 Å². The fourth-order valence-electron chi connectivity index (χ4n) is 3.44. The van der Waals surface area contributed by atoms with Gasteiger partial charge in [0.05, 0.1) is 0 Å². The molecule has 2 aromatic heterocycles. The Balaban J connectivity index is 1.44. The SMILES string of the molecule is c1ccc(Cc2nccc(N3CCCC(Cn4cncn4)C3)n2)cc1. The molecule has 6 nitrogen and oxygen atoms in total. The summed E-state index contributed by atoms with van der Waals surface area (Å²) < 4.78 is 1.93. The molecule has 1 aliphatic heterocycles. The molecule has 0 aliphatic carbocycles. The molecule has 1 unspecified atom stereocenters.